The molecule has 1 aromatic carbocycles. The molecule has 2 rings (SSSR count). The highest BCUT2D eigenvalue weighted by atomic mass is 16.5. The fraction of sp³-hybridized carbons (Fsp3) is 0.625. The fourth-order valence-corrected chi connectivity index (χ4v) is 2.84. The minimum Gasteiger partial charge on any atom is -0.496 e. The SMILES string of the molecule is COc1cc(OC)c(CN2CCNC(C)(C)C2)c(OC)c1. The number of ether oxygens (including phenoxy) is 3. The maximum atomic E-state index is 5.52. The molecule has 1 saturated heterocycles. The number of hydrogen-bond donors (Lipinski definition) is 1. The Kier molecular flexibility index (Phi) is 4.96. The molecule has 5 heteroatoms. The summed E-state index contributed by atoms with van der Waals surface area (Å²) in [6.07, 6.45) is 0. The van der Waals surface area contributed by atoms with Crippen LogP contribution in [0.4, 0.5) is 0 Å². The molecule has 0 unspecified atom stereocenters. The minimum atomic E-state index is 0.130. The summed E-state index contributed by atoms with van der Waals surface area (Å²) in [5.41, 5.74) is 1.20. The number of rotatable bonds is 5. The van der Waals surface area contributed by atoms with Crippen LogP contribution in [0.1, 0.15) is 19.4 Å². The fourth-order valence-electron chi connectivity index (χ4n) is 2.84. The van der Waals surface area contributed by atoms with Crippen molar-refractivity contribution in [3.8, 4) is 17.2 Å². The lowest BCUT2D eigenvalue weighted by Gasteiger charge is -2.39. The van der Waals surface area contributed by atoms with E-state index >= 15 is 0 Å². The molecule has 0 atom stereocenters. The topological polar surface area (TPSA) is 43.0 Å². The second-order valence-corrected chi connectivity index (χ2v) is 6.03. The van der Waals surface area contributed by atoms with Crippen LogP contribution in [0.5, 0.6) is 17.2 Å². The Bertz CT molecular complexity index is 463. The van der Waals surface area contributed by atoms with Gasteiger partial charge < -0.3 is 19.5 Å². The van der Waals surface area contributed by atoms with Crippen LogP contribution < -0.4 is 19.5 Å². The van der Waals surface area contributed by atoms with E-state index in [1.165, 1.54) is 0 Å². The van der Waals surface area contributed by atoms with Gasteiger partial charge in [-0.25, -0.2) is 0 Å². The monoisotopic (exact) mass is 294 g/mol. The summed E-state index contributed by atoms with van der Waals surface area (Å²) in [5, 5.41) is 3.53. The van der Waals surface area contributed by atoms with E-state index < -0.39 is 0 Å². The van der Waals surface area contributed by atoms with Gasteiger partial charge in [-0.15, -0.1) is 0 Å². The van der Waals surface area contributed by atoms with Gasteiger partial charge in [-0.1, -0.05) is 0 Å². The van der Waals surface area contributed by atoms with E-state index in [-0.39, 0.29) is 5.54 Å². The van der Waals surface area contributed by atoms with E-state index in [0.29, 0.717) is 0 Å². The van der Waals surface area contributed by atoms with Crippen molar-refractivity contribution in [2.45, 2.75) is 25.9 Å². The van der Waals surface area contributed by atoms with Crippen molar-refractivity contribution in [1.82, 2.24) is 10.2 Å². The molecule has 5 nitrogen and oxygen atoms in total. The highest BCUT2D eigenvalue weighted by Gasteiger charge is 2.27. The Hall–Kier alpha value is -1.46. The molecule has 0 amide bonds. The molecule has 0 spiro atoms. The first kappa shape index (κ1) is 15.9. The quantitative estimate of drug-likeness (QED) is 0.898. The lowest BCUT2D eigenvalue weighted by atomic mass is 10.0. The van der Waals surface area contributed by atoms with Crippen LogP contribution in [0.2, 0.25) is 0 Å². The van der Waals surface area contributed by atoms with Gasteiger partial charge in [0.1, 0.15) is 17.2 Å². The van der Waals surface area contributed by atoms with Gasteiger partial charge in [0.25, 0.3) is 0 Å². The van der Waals surface area contributed by atoms with Crippen LogP contribution in [-0.2, 0) is 6.54 Å². The van der Waals surface area contributed by atoms with E-state index in [4.69, 9.17) is 14.2 Å². The second-order valence-electron chi connectivity index (χ2n) is 6.03. The molecule has 0 bridgehead atoms. The number of piperazine rings is 1. The average Bonchev–Trinajstić information content (AvgIpc) is 2.46. The zero-order chi connectivity index (χ0) is 15.5. The molecule has 1 aliphatic heterocycles. The zero-order valence-corrected chi connectivity index (χ0v) is 13.7. The zero-order valence-electron chi connectivity index (χ0n) is 13.7. The molecule has 1 aromatic rings. The molecule has 118 valence electrons. The Balaban J connectivity index is 2.25. The molecule has 1 fully saturated rings. The third-order valence-corrected chi connectivity index (χ3v) is 3.85. The summed E-state index contributed by atoms with van der Waals surface area (Å²) in [6.45, 7) is 8.26. The average molecular weight is 294 g/mol. The van der Waals surface area contributed by atoms with Gasteiger partial charge in [-0.3, -0.25) is 4.90 Å². The van der Waals surface area contributed by atoms with E-state index in [9.17, 15) is 0 Å². The molecular formula is C16H26N2O3. The van der Waals surface area contributed by atoms with Crippen LogP contribution in [0.15, 0.2) is 12.1 Å². The summed E-state index contributed by atoms with van der Waals surface area (Å²) in [4.78, 5) is 2.42. The standard InChI is InChI=1S/C16H26N2O3/c1-16(2)11-18(7-6-17-16)10-13-14(20-4)8-12(19-3)9-15(13)21-5/h8-9,17H,6-7,10-11H2,1-5H3. The first-order valence-electron chi connectivity index (χ1n) is 7.25. The lowest BCUT2D eigenvalue weighted by Crippen LogP contribution is -2.56. The molecule has 0 radical (unpaired) electrons. The van der Waals surface area contributed by atoms with Crippen molar-refractivity contribution < 1.29 is 14.2 Å². The molecule has 1 heterocycles. The Morgan fingerprint density at radius 1 is 1.10 bits per heavy atom. The molecule has 21 heavy (non-hydrogen) atoms. The van der Waals surface area contributed by atoms with Crippen LogP contribution in [0.3, 0.4) is 0 Å². The highest BCUT2D eigenvalue weighted by Crippen LogP contribution is 2.35. The lowest BCUT2D eigenvalue weighted by molar-refractivity contribution is 0.146. The van der Waals surface area contributed by atoms with Crippen LogP contribution in [-0.4, -0.2) is 51.4 Å². The first-order chi connectivity index (χ1) is 9.99. The van der Waals surface area contributed by atoms with Gasteiger partial charge in [0.05, 0.1) is 26.9 Å². The van der Waals surface area contributed by atoms with Crippen molar-refractivity contribution in [1.29, 1.82) is 0 Å². The van der Waals surface area contributed by atoms with Gasteiger partial charge in [-0.2, -0.15) is 0 Å². The van der Waals surface area contributed by atoms with Crippen molar-refractivity contribution in [3.05, 3.63) is 17.7 Å². The van der Waals surface area contributed by atoms with E-state index in [0.717, 1.165) is 49.0 Å². The second kappa shape index (κ2) is 6.54. The smallest absolute Gasteiger partial charge is 0.130 e. The van der Waals surface area contributed by atoms with Gasteiger partial charge in [0.15, 0.2) is 0 Å². The van der Waals surface area contributed by atoms with Crippen LogP contribution in [0.25, 0.3) is 0 Å². The van der Waals surface area contributed by atoms with E-state index in [2.05, 4.69) is 24.1 Å². The summed E-state index contributed by atoms with van der Waals surface area (Å²) in [7, 11) is 5.01. The van der Waals surface area contributed by atoms with E-state index in [1.54, 1.807) is 21.3 Å². The van der Waals surface area contributed by atoms with Gasteiger partial charge >= 0.3 is 0 Å². The predicted octanol–water partition coefficient (Wildman–Crippen LogP) is 1.90. The van der Waals surface area contributed by atoms with Crippen LogP contribution >= 0.6 is 0 Å². The first-order valence-corrected chi connectivity index (χ1v) is 7.25. The number of methoxy groups -OCH3 is 3. The number of benzene rings is 1. The molecular weight excluding hydrogens is 268 g/mol. The van der Waals surface area contributed by atoms with Crippen molar-refractivity contribution >= 4 is 0 Å². The number of hydrogen-bond acceptors (Lipinski definition) is 5. The van der Waals surface area contributed by atoms with Gasteiger partial charge in [-0.05, 0) is 13.8 Å². The van der Waals surface area contributed by atoms with Crippen LogP contribution in [0, 0.1) is 0 Å². The summed E-state index contributed by atoms with van der Waals surface area (Å²) >= 11 is 0. The Labute approximate surface area is 127 Å². The Morgan fingerprint density at radius 2 is 1.71 bits per heavy atom. The van der Waals surface area contributed by atoms with Gasteiger partial charge in [0.2, 0.25) is 0 Å². The summed E-state index contributed by atoms with van der Waals surface area (Å²) in [6, 6.07) is 3.82. The maximum Gasteiger partial charge on any atom is 0.130 e. The van der Waals surface area contributed by atoms with Gasteiger partial charge in [0, 0.05) is 43.9 Å². The molecule has 1 N–H and O–H groups in total. The van der Waals surface area contributed by atoms with E-state index in [1.807, 2.05) is 12.1 Å². The largest absolute Gasteiger partial charge is 0.496 e. The summed E-state index contributed by atoms with van der Waals surface area (Å²) in [5.74, 6) is 2.36. The van der Waals surface area contributed by atoms with Crippen molar-refractivity contribution in [2.75, 3.05) is 41.0 Å². The molecule has 0 saturated carbocycles. The minimum absolute atomic E-state index is 0.130. The maximum absolute atomic E-state index is 5.52. The van der Waals surface area contributed by atoms with Crippen molar-refractivity contribution in [2.24, 2.45) is 0 Å². The molecule has 1 aliphatic rings. The third kappa shape index (κ3) is 3.80. The Morgan fingerprint density at radius 3 is 2.19 bits per heavy atom. The normalized spacial score (nSPS) is 18.3. The molecule has 0 aliphatic carbocycles. The number of nitrogens with one attached hydrogen (secondary N) is 1. The number of nitrogens with zero attached hydrogens (tertiary/aromatic N) is 1. The predicted molar refractivity (Wildman–Crippen MR) is 83.5 cm³/mol. The summed E-state index contributed by atoms with van der Waals surface area (Å²) < 4.78 is 16.3. The molecule has 0 aromatic heterocycles. The van der Waals surface area contributed by atoms with Crippen molar-refractivity contribution in [3.63, 3.8) is 0 Å². The highest BCUT2D eigenvalue weighted by molar-refractivity contribution is 5.50. The third-order valence-electron chi connectivity index (χ3n) is 3.85.